The van der Waals surface area contributed by atoms with Gasteiger partial charge in [0.1, 0.15) is 11.6 Å². The summed E-state index contributed by atoms with van der Waals surface area (Å²) in [6.07, 6.45) is 0. The van der Waals surface area contributed by atoms with Crippen LogP contribution in [0.15, 0.2) is 54.6 Å². The molecule has 7 heteroatoms. The van der Waals surface area contributed by atoms with Crippen molar-refractivity contribution in [3.8, 4) is 11.1 Å². The van der Waals surface area contributed by atoms with E-state index in [1.165, 1.54) is 5.56 Å². The molecule has 0 aliphatic carbocycles. The van der Waals surface area contributed by atoms with Gasteiger partial charge < -0.3 is 20.9 Å². The molecule has 6 nitrogen and oxygen atoms in total. The van der Waals surface area contributed by atoms with Crippen LogP contribution in [-0.4, -0.2) is 48.1 Å². The number of likely N-dealkylation sites (N-methyl/N-ethyl adjacent to an activating group) is 1. The number of hydrogen-bond acceptors (Lipinski definition) is 6. The molecule has 4 rings (SSSR count). The smallest absolute Gasteiger partial charge is 0.229 e. The van der Waals surface area contributed by atoms with Crippen LogP contribution >= 0.6 is 11.6 Å². The van der Waals surface area contributed by atoms with Crippen LogP contribution in [-0.2, 0) is 6.54 Å². The van der Waals surface area contributed by atoms with Gasteiger partial charge in [0, 0.05) is 37.7 Å². The van der Waals surface area contributed by atoms with E-state index in [0.717, 1.165) is 43.1 Å². The van der Waals surface area contributed by atoms with Crippen molar-refractivity contribution in [1.29, 1.82) is 0 Å². The molecule has 0 atom stereocenters. The molecule has 0 bridgehead atoms. The zero-order valence-corrected chi connectivity index (χ0v) is 17.2. The predicted molar refractivity (Wildman–Crippen MR) is 120 cm³/mol. The lowest BCUT2D eigenvalue weighted by Crippen LogP contribution is -2.45. The maximum atomic E-state index is 6.43. The fraction of sp³-hybridized carbons (Fsp3) is 0.273. The Morgan fingerprint density at radius 1 is 0.966 bits per heavy atom. The van der Waals surface area contributed by atoms with Crippen molar-refractivity contribution in [2.75, 3.05) is 49.2 Å². The number of halogens is 1. The van der Waals surface area contributed by atoms with E-state index in [1.807, 2.05) is 42.5 Å². The molecule has 150 valence electrons. The van der Waals surface area contributed by atoms with Crippen LogP contribution in [0.25, 0.3) is 11.1 Å². The lowest BCUT2D eigenvalue weighted by molar-refractivity contribution is 0.311. The first-order valence-corrected chi connectivity index (χ1v) is 10.1. The van der Waals surface area contributed by atoms with Crippen molar-refractivity contribution >= 4 is 29.2 Å². The van der Waals surface area contributed by atoms with Crippen LogP contribution in [0, 0.1) is 0 Å². The average Bonchev–Trinajstić information content (AvgIpc) is 2.74. The standard InChI is InChI=1S/C22H25ClN6/c1-28-11-13-29(14-12-28)22-26-20(24)19(17-7-9-18(23)10-8-17)21(27-22)25-15-16-5-3-2-4-6-16/h2-10H,11-15H2,1H3,(H3,24,25,26,27). The number of piperazine rings is 1. The Balaban J connectivity index is 1.69. The Kier molecular flexibility index (Phi) is 5.83. The summed E-state index contributed by atoms with van der Waals surface area (Å²) in [5, 5.41) is 4.15. The van der Waals surface area contributed by atoms with Crippen LogP contribution in [0.5, 0.6) is 0 Å². The minimum absolute atomic E-state index is 0.465. The predicted octanol–water partition coefficient (Wildman–Crippen LogP) is 3.74. The van der Waals surface area contributed by atoms with Crippen LogP contribution in [0.2, 0.25) is 5.02 Å². The highest BCUT2D eigenvalue weighted by molar-refractivity contribution is 6.30. The number of anilines is 3. The number of nitrogens with zero attached hydrogens (tertiary/aromatic N) is 4. The fourth-order valence-electron chi connectivity index (χ4n) is 3.42. The third-order valence-electron chi connectivity index (χ3n) is 5.15. The van der Waals surface area contributed by atoms with E-state index < -0.39 is 0 Å². The van der Waals surface area contributed by atoms with Gasteiger partial charge >= 0.3 is 0 Å². The van der Waals surface area contributed by atoms with Crippen molar-refractivity contribution in [2.24, 2.45) is 0 Å². The van der Waals surface area contributed by atoms with Crippen molar-refractivity contribution in [1.82, 2.24) is 14.9 Å². The van der Waals surface area contributed by atoms with E-state index in [4.69, 9.17) is 22.3 Å². The average molecular weight is 409 g/mol. The minimum atomic E-state index is 0.465. The first-order valence-electron chi connectivity index (χ1n) is 9.75. The van der Waals surface area contributed by atoms with Crippen molar-refractivity contribution in [2.45, 2.75) is 6.54 Å². The second-order valence-electron chi connectivity index (χ2n) is 7.27. The summed E-state index contributed by atoms with van der Waals surface area (Å²) in [7, 11) is 2.13. The highest BCUT2D eigenvalue weighted by Crippen LogP contribution is 2.34. The molecule has 0 saturated carbocycles. The first kappa shape index (κ1) is 19.5. The molecule has 0 spiro atoms. The molecule has 2 heterocycles. The van der Waals surface area contributed by atoms with Crippen LogP contribution in [0.1, 0.15) is 5.56 Å². The van der Waals surface area contributed by atoms with Gasteiger partial charge in [0.2, 0.25) is 5.95 Å². The maximum absolute atomic E-state index is 6.43. The third kappa shape index (κ3) is 4.60. The first-order chi connectivity index (χ1) is 14.1. The topological polar surface area (TPSA) is 70.3 Å². The van der Waals surface area contributed by atoms with Gasteiger partial charge in [-0.25, -0.2) is 0 Å². The van der Waals surface area contributed by atoms with Gasteiger partial charge in [-0.2, -0.15) is 9.97 Å². The molecule has 1 fully saturated rings. The minimum Gasteiger partial charge on any atom is -0.383 e. The van der Waals surface area contributed by atoms with E-state index in [1.54, 1.807) is 0 Å². The maximum Gasteiger partial charge on any atom is 0.229 e. The monoisotopic (exact) mass is 408 g/mol. The number of benzene rings is 2. The van der Waals surface area contributed by atoms with E-state index in [0.29, 0.717) is 23.3 Å². The molecular weight excluding hydrogens is 384 g/mol. The van der Waals surface area contributed by atoms with Gasteiger partial charge in [0.05, 0.1) is 5.56 Å². The van der Waals surface area contributed by atoms with Crippen molar-refractivity contribution < 1.29 is 0 Å². The Morgan fingerprint density at radius 3 is 2.34 bits per heavy atom. The summed E-state index contributed by atoms with van der Waals surface area (Å²) in [5.41, 5.74) is 9.35. The largest absolute Gasteiger partial charge is 0.383 e. The summed E-state index contributed by atoms with van der Waals surface area (Å²) >= 11 is 6.07. The van der Waals surface area contributed by atoms with Crippen LogP contribution < -0.4 is 16.0 Å². The number of nitrogen functional groups attached to an aromatic ring is 1. The Morgan fingerprint density at radius 2 is 1.66 bits per heavy atom. The highest BCUT2D eigenvalue weighted by Gasteiger charge is 2.21. The molecule has 0 amide bonds. The number of aromatic nitrogens is 2. The molecule has 1 aromatic heterocycles. The zero-order valence-electron chi connectivity index (χ0n) is 16.5. The molecule has 3 aromatic rings. The van der Waals surface area contributed by atoms with Crippen LogP contribution in [0.4, 0.5) is 17.6 Å². The molecule has 2 aromatic carbocycles. The summed E-state index contributed by atoms with van der Waals surface area (Å²) in [6.45, 7) is 4.38. The van der Waals surface area contributed by atoms with Gasteiger partial charge in [0.15, 0.2) is 0 Å². The lowest BCUT2D eigenvalue weighted by Gasteiger charge is -2.32. The number of hydrogen-bond donors (Lipinski definition) is 2. The zero-order chi connectivity index (χ0) is 20.2. The molecule has 1 saturated heterocycles. The fourth-order valence-corrected chi connectivity index (χ4v) is 3.55. The van der Waals surface area contributed by atoms with Gasteiger partial charge in [-0.3, -0.25) is 0 Å². The van der Waals surface area contributed by atoms with Crippen LogP contribution in [0.3, 0.4) is 0 Å². The Bertz CT molecular complexity index is 953. The summed E-state index contributed by atoms with van der Waals surface area (Å²) < 4.78 is 0. The molecule has 29 heavy (non-hydrogen) atoms. The number of rotatable bonds is 5. The molecular formula is C22H25ClN6. The quantitative estimate of drug-likeness (QED) is 0.670. The molecule has 1 aliphatic heterocycles. The van der Waals surface area contributed by atoms with E-state index in [9.17, 15) is 0 Å². The second-order valence-corrected chi connectivity index (χ2v) is 7.71. The van der Waals surface area contributed by atoms with Crippen molar-refractivity contribution in [3.63, 3.8) is 0 Å². The summed E-state index contributed by atoms with van der Waals surface area (Å²) in [6, 6.07) is 17.8. The van der Waals surface area contributed by atoms with Crippen molar-refractivity contribution in [3.05, 3.63) is 65.2 Å². The lowest BCUT2D eigenvalue weighted by atomic mass is 10.1. The number of nitrogens with two attached hydrogens (primary N) is 1. The number of nitrogens with one attached hydrogen (secondary N) is 1. The van der Waals surface area contributed by atoms with Gasteiger partial charge in [-0.05, 0) is 30.3 Å². The molecule has 0 unspecified atom stereocenters. The van der Waals surface area contributed by atoms with Gasteiger partial charge in [-0.15, -0.1) is 0 Å². The summed E-state index contributed by atoms with van der Waals surface area (Å²) in [4.78, 5) is 14.0. The van der Waals surface area contributed by atoms with E-state index >= 15 is 0 Å². The third-order valence-corrected chi connectivity index (χ3v) is 5.40. The van der Waals surface area contributed by atoms with E-state index in [-0.39, 0.29) is 0 Å². The SMILES string of the molecule is CN1CCN(c2nc(N)c(-c3ccc(Cl)cc3)c(NCc3ccccc3)n2)CC1. The Hall–Kier alpha value is -2.83. The van der Waals surface area contributed by atoms with Gasteiger partial charge in [0.25, 0.3) is 0 Å². The molecule has 1 aliphatic rings. The molecule has 3 N–H and O–H groups in total. The normalized spacial score (nSPS) is 14.8. The highest BCUT2D eigenvalue weighted by atomic mass is 35.5. The van der Waals surface area contributed by atoms with E-state index in [2.05, 4.69) is 39.3 Å². The molecule has 0 radical (unpaired) electrons. The second kappa shape index (κ2) is 8.68. The summed E-state index contributed by atoms with van der Waals surface area (Å²) in [5.74, 6) is 1.87. The Labute approximate surface area is 176 Å². The van der Waals surface area contributed by atoms with Gasteiger partial charge in [-0.1, -0.05) is 54.1 Å².